The second-order valence-electron chi connectivity index (χ2n) is 9.80. The van der Waals surface area contributed by atoms with Crippen LogP contribution in [0.15, 0.2) is 48.8 Å². The van der Waals surface area contributed by atoms with Crippen molar-refractivity contribution in [3.05, 3.63) is 77.0 Å². The van der Waals surface area contributed by atoms with E-state index in [1.807, 2.05) is 10.6 Å². The van der Waals surface area contributed by atoms with E-state index in [2.05, 4.69) is 44.1 Å². The number of hydrazine groups is 2. The lowest BCUT2D eigenvalue weighted by Crippen LogP contribution is -2.38. The first kappa shape index (κ1) is 26.6. The highest BCUT2D eigenvalue weighted by Crippen LogP contribution is 2.40. The van der Waals surface area contributed by atoms with Crippen molar-refractivity contribution in [2.45, 2.75) is 38.5 Å². The average Bonchev–Trinajstić information content (AvgIpc) is 3.32. The summed E-state index contributed by atoms with van der Waals surface area (Å²) < 4.78 is 29.3. The van der Waals surface area contributed by atoms with Crippen molar-refractivity contribution in [1.82, 2.24) is 50.9 Å². The van der Waals surface area contributed by atoms with Gasteiger partial charge in [0.05, 0.1) is 38.2 Å². The number of imidazole rings is 1. The van der Waals surface area contributed by atoms with Crippen LogP contribution in [0.4, 0.5) is 4.39 Å². The summed E-state index contributed by atoms with van der Waals surface area (Å²) in [7, 11) is 1.37. The van der Waals surface area contributed by atoms with E-state index in [1.54, 1.807) is 17.3 Å². The molecule has 5 N–H and O–H groups in total. The number of nitrogens with one attached hydrogen (secondary N) is 3. The molecular weight excluding hydrogens is 533 g/mol. The molecule has 3 aromatic heterocycles. The summed E-state index contributed by atoms with van der Waals surface area (Å²) in [5, 5.41) is 15.5. The third-order valence-electron chi connectivity index (χ3n) is 6.89. The predicted molar refractivity (Wildman–Crippen MR) is 143 cm³/mol. The Morgan fingerprint density at radius 2 is 2.17 bits per heavy atom. The Morgan fingerprint density at radius 3 is 2.93 bits per heavy atom. The van der Waals surface area contributed by atoms with Gasteiger partial charge in [0.15, 0.2) is 11.6 Å². The van der Waals surface area contributed by atoms with Crippen molar-refractivity contribution in [3.8, 4) is 11.4 Å². The Morgan fingerprint density at radius 1 is 1.29 bits per heavy atom. The van der Waals surface area contributed by atoms with E-state index < -0.39 is 11.7 Å². The maximum atomic E-state index is 15.1. The van der Waals surface area contributed by atoms with E-state index in [1.165, 1.54) is 42.6 Å². The molecule has 214 valence electrons. The minimum absolute atomic E-state index is 0.0444. The van der Waals surface area contributed by atoms with Crippen molar-refractivity contribution in [2.75, 3.05) is 20.3 Å². The lowest BCUT2D eigenvalue weighted by Gasteiger charge is -2.14. The highest BCUT2D eigenvalue weighted by molar-refractivity contribution is 5.92. The third-order valence-corrected chi connectivity index (χ3v) is 6.89. The summed E-state index contributed by atoms with van der Waals surface area (Å²) in [6.07, 6.45) is 9.47. The minimum atomic E-state index is -0.613. The first-order chi connectivity index (χ1) is 20.0. The first-order valence-electron chi connectivity index (χ1n) is 13.2. The van der Waals surface area contributed by atoms with Crippen LogP contribution in [0, 0.1) is 5.82 Å². The van der Waals surface area contributed by atoms with E-state index in [-0.39, 0.29) is 23.6 Å². The highest BCUT2D eigenvalue weighted by atomic mass is 19.1. The number of pyridine rings is 1. The summed E-state index contributed by atoms with van der Waals surface area (Å²) >= 11 is 0. The number of fused-ring (bicyclic) bond motifs is 1. The van der Waals surface area contributed by atoms with Crippen LogP contribution in [0.25, 0.3) is 11.3 Å². The number of tetrazole rings is 1. The molecule has 0 bridgehead atoms. The Balaban J connectivity index is 1.15. The van der Waals surface area contributed by atoms with Crippen LogP contribution >= 0.6 is 0 Å². The van der Waals surface area contributed by atoms with E-state index in [4.69, 9.17) is 20.2 Å². The van der Waals surface area contributed by atoms with Crippen LogP contribution in [0.3, 0.4) is 0 Å². The van der Waals surface area contributed by atoms with Crippen LogP contribution in [-0.4, -0.2) is 60.8 Å². The second kappa shape index (κ2) is 11.5. The number of amides is 1. The van der Waals surface area contributed by atoms with Crippen LogP contribution < -0.4 is 26.7 Å². The van der Waals surface area contributed by atoms with Crippen molar-refractivity contribution in [2.24, 2.45) is 5.73 Å². The number of ether oxygens (including phenoxy) is 2. The van der Waals surface area contributed by atoms with Crippen LogP contribution in [-0.2, 0) is 29.2 Å². The molecule has 1 aliphatic heterocycles. The van der Waals surface area contributed by atoms with Gasteiger partial charge in [0.1, 0.15) is 17.7 Å². The smallest absolute Gasteiger partial charge is 0.270 e. The molecule has 41 heavy (non-hydrogen) atoms. The number of hydrogen-bond acceptors (Lipinski definition) is 11. The third kappa shape index (κ3) is 5.68. The zero-order valence-corrected chi connectivity index (χ0v) is 22.4. The summed E-state index contributed by atoms with van der Waals surface area (Å²) in [5.74, 6) is -0.420. The summed E-state index contributed by atoms with van der Waals surface area (Å²) in [6.45, 7) is 1.65. The molecule has 15 heteroatoms. The molecule has 1 aromatic carbocycles. The molecule has 4 aromatic rings. The molecule has 6 rings (SSSR count). The first-order valence-corrected chi connectivity index (χ1v) is 13.2. The van der Waals surface area contributed by atoms with Gasteiger partial charge in [-0.25, -0.2) is 14.1 Å². The van der Waals surface area contributed by atoms with Gasteiger partial charge in [-0.1, -0.05) is 0 Å². The van der Waals surface area contributed by atoms with Gasteiger partial charge in [-0.2, -0.15) is 0 Å². The molecule has 0 atom stereocenters. The van der Waals surface area contributed by atoms with Gasteiger partial charge in [0, 0.05) is 42.8 Å². The molecule has 4 heterocycles. The zero-order valence-electron chi connectivity index (χ0n) is 22.4. The molecule has 0 spiro atoms. The molecule has 0 saturated heterocycles. The van der Waals surface area contributed by atoms with E-state index in [0.29, 0.717) is 37.9 Å². The minimum Gasteiger partial charge on any atom is -0.494 e. The van der Waals surface area contributed by atoms with E-state index in [0.717, 1.165) is 16.9 Å². The summed E-state index contributed by atoms with van der Waals surface area (Å²) in [4.78, 5) is 17.8. The number of nitrogens with zero attached hydrogens (tertiary/aromatic N) is 7. The highest BCUT2D eigenvalue weighted by Gasteiger charge is 2.26. The number of benzene rings is 1. The summed E-state index contributed by atoms with van der Waals surface area (Å²) in [6, 6.07) is 5.27. The van der Waals surface area contributed by atoms with Crippen LogP contribution in [0.5, 0.6) is 5.75 Å². The fraction of sp³-hybridized carbons (Fsp3) is 0.346. The molecule has 1 saturated carbocycles. The van der Waals surface area contributed by atoms with Gasteiger partial charge in [0.2, 0.25) is 0 Å². The largest absolute Gasteiger partial charge is 0.494 e. The normalized spacial score (nSPS) is 14.8. The van der Waals surface area contributed by atoms with Crippen molar-refractivity contribution in [1.29, 1.82) is 0 Å². The van der Waals surface area contributed by atoms with Gasteiger partial charge in [-0.05, 0) is 52.9 Å². The Hall–Kier alpha value is -4.60. The number of halogens is 1. The number of aromatic nitrogens is 6. The topological polar surface area (TPSA) is 162 Å². The molecule has 0 radical (unpaired) electrons. The molecule has 1 amide bonds. The number of methoxy groups -OCH3 is 1. The van der Waals surface area contributed by atoms with Crippen molar-refractivity contribution in [3.63, 3.8) is 0 Å². The standard InChI is InChI=1S/C26H30FN11O3/c1-40-23-5-4-22(38-15-30-33-35-38)20(24(23)27)9-29-26(39)21-13-37(34-32-21)12-19-11-36-10-17(16-2-3-16)8-18(25(36)31-19)14-41-7-6-28/h4-5,8,10-11,13,15-16,32,34H,2-3,6-7,9,12,14,28H2,1H3,(H,29,39). The second-order valence-corrected chi connectivity index (χ2v) is 9.80. The van der Waals surface area contributed by atoms with Crippen LogP contribution in [0.2, 0.25) is 0 Å². The summed E-state index contributed by atoms with van der Waals surface area (Å²) in [5.41, 5.74) is 16.1. The van der Waals surface area contributed by atoms with E-state index >= 15 is 4.39 Å². The van der Waals surface area contributed by atoms with Gasteiger partial charge in [-0.3, -0.25) is 15.2 Å². The molecule has 14 nitrogen and oxygen atoms in total. The molecular formula is C26H30FN11O3. The van der Waals surface area contributed by atoms with Gasteiger partial charge in [0.25, 0.3) is 5.91 Å². The predicted octanol–water partition coefficient (Wildman–Crippen LogP) is 0.793. The number of rotatable bonds is 12. The maximum absolute atomic E-state index is 15.1. The number of hydrogen-bond donors (Lipinski definition) is 4. The average molecular weight is 564 g/mol. The van der Waals surface area contributed by atoms with Gasteiger partial charge >= 0.3 is 0 Å². The SMILES string of the molecule is COc1ccc(-n2cnnn2)c(CNC(=O)C2=CN(Cc3cn4cc(C5CC5)cc(COCCN)c4n3)NN2)c1F. The number of carbonyl (C=O) groups is 1. The zero-order chi connectivity index (χ0) is 28.3. The van der Waals surface area contributed by atoms with E-state index in [9.17, 15) is 4.79 Å². The maximum Gasteiger partial charge on any atom is 0.270 e. The number of carbonyl (C=O) groups excluding carboxylic acids is 1. The Bertz CT molecular complexity index is 1580. The molecule has 0 unspecified atom stereocenters. The Labute approximate surface area is 234 Å². The van der Waals surface area contributed by atoms with Crippen LogP contribution in [0.1, 0.15) is 41.1 Å². The number of nitrogens with two attached hydrogens (primary N) is 1. The fourth-order valence-corrected chi connectivity index (χ4v) is 4.72. The lowest BCUT2D eigenvalue weighted by molar-refractivity contribution is -0.118. The van der Waals surface area contributed by atoms with Gasteiger partial charge < -0.3 is 24.9 Å². The Kier molecular flexibility index (Phi) is 7.45. The van der Waals surface area contributed by atoms with Crippen molar-refractivity contribution >= 4 is 11.6 Å². The van der Waals surface area contributed by atoms with Gasteiger partial charge in [-0.15, -0.1) is 10.6 Å². The molecule has 1 fully saturated rings. The monoisotopic (exact) mass is 563 g/mol. The molecule has 1 aliphatic carbocycles. The molecule has 2 aliphatic rings. The quantitative estimate of drug-likeness (QED) is 0.180. The fourth-order valence-electron chi connectivity index (χ4n) is 4.72. The van der Waals surface area contributed by atoms with Crippen molar-refractivity contribution < 1.29 is 18.7 Å². The lowest BCUT2D eigenvalue weighted by atomic mass is 10.1.